The smallest absolute Gasteiger partial charge is 0.337 e. The molecule has 0 aliphatic rings. The van der Waals surface area contributed by atoms with E-state index in [1.54, 1.807) is 13.8 Å². The topological polar surface area (TPSA) is 136 Å². The molecule has 0 saturated carbocycles. The second kappa shape index (κ2) is 6.00. The van der Waals surface area contributed by atoms with Gasteiger partial charge in [-0.25, -0.2) is 4.79 Å². The summed E-state index contributed by atoms with van der Waals surface area (Å²) in [5, 5.41) is 22.4. The number of nitrogens with one attached hydrogen (secondary N) is 1. The van der Waals surface area contributed by atoms with E-state index >= 15 is 0 Å². The standard InChI is InChI=1S/C12H15N3O5/c1-6(2)10(11(13)16)14-9-5-7(15(19)20)3-4-8(9)12(17)18/h3-6,10,14H,1-2H3,(H2,13,16)(H,17,18). The highest BCUT2D eigenvalue weighted by Gasteiger charge is 2.23. The second-order valence-corrected chi connectivity index (χ2v) is 4.56. The molecule has 1 aromatic carbocycles. The van der Waals surface area contributed by atoms with Crippen molar-refractivity contribution in [3.63, 3.8) is 0 Å². The average molecular weight is 281 g/mol. The van der Waals surface area contributed by atoms with E-state index in [9.17, 15) is 19.7 Å². The Morgan fingerprint density at radius 1 is 1.40 bits per heavy atom. The first-order chi connectivity index (χ1) is 9.23. The highest BCUT2D eigenvalue weighted by molar-refractivity contribution is 5.96. The van der Waals surface area contributed by atoms with Crippen LogP contribution in [0.3, 0.4) is 0 Å². The molecular formula is C12H15N3O5. The van der Waals surface area contributed by atoms with Gasteiger partial charge in [-0.15, -0.1) is 0 Å². The Morgan fingerprint density at radius 2 is 2.00 bits per heavy atom. The van der Waals surface area contributed by atoms with E-state index in [4.69, 9.17) is 10.8 Å². The number of nitro groups is 1. The fourth-order valence-corrected chi connectivity index (χ4v) is 1.69. The molecule has 0 heterocycles. The number of nitrogens with two attached hydrogens (primary N) is 1. The second-order valence-electron chi connectivity index (χ2n) is 4.56. The quantitative estimate of drug-likeness (QED) is 0.529. The van der Waals surface area contributed by atoms with E-state index in [2.05, 4.69) is 5.32 Å². The lowest BCUT2D eigenvalue weighted by Gasteiger charge is -2.21. The van der Waals surface area contributed by atoms with Crippen LogP contribution in [0.5, 0.6) is 0 Å². The molecule has 1 unspecified atom stereocenters. The number of nitrogens with zero attached hydrogens (tertiary/aromatic N) is 1. The van der Waals surface area contributed by atoms with Crippen molar-refractivity contribution in [3.8, 4) is 0 Å². The predicted molar refractivity (Wildman–Crippen MR) is 71.5 cm³/mol. The van der Waals surface area contributed by atoms with Crippen molar-refractivity contribution in [1.82, 2.24) is 0 Å². The normalized spacial score (nSPS) is 11.9. The monoisotopic (exact) mass is 281 g/mol. The maximum atomic E-state index is 11.3. The van der Waals surface area contributed by atoms with Crippen molar-refractivity contribution in [2.45, 2.75) is 19.9 Å². The summed E-state index contributed by atoms with van der Waals surface area (Å²) in [7, 11) is 0. The van der Waals surface area contributed by atoms with Crippen molar-refractivity contribution in [1.29, 1.82) is 0 Å². The van der Waals surface area contributed by atoms with Crippen LogP contribution >= 0.6 is 0 Å². The fourth-order valence-electron chi connectivity index (χ4n) is 1.69. The van der Waals surface area contributed by atoms with Crippen LogP contribution in [-0.4, -0.2) is 27.9 Å². The lowest BCUT2D eigenvalue weighted by atomic mass is 10.0. The summed E-state index contributed by atoms with van der Waals surface area (Å²) in [5.74, 6) is -2.12. The highest BCUT2D eigenvalue weighted by Crippen LogP contribution is 2.24. The number of aromatic carboxylic acids is 1. The van der Waals surface area contributed by atoms with Crippen molar-refractivity contribution < 1.29 is 19.6 Å². The van der Waals surface area contributed by atoms with Crippen LogP contribution in [0.15, 0.2) is 18.2 Å². The van der Waals surface area contributed by atoms with Gasteiger partial charge in [-0.05, 0) is 12.0 Å². The van der Waals surface area contributed by atoms with Gasteiger partial charge >= 0.3 is 5.97 Å². The number of amides is 1. The number of carboxylic acid groups (broad SMARTS) is 1. The number of carboxylic acids is 1. The minimum atomic E-state index is -1.26. The van der Waals surface area contributed by atoms with Crippen LogP contribution in [0.4, 0.5) is 11.4 Å². The maximum absolute atomic E-state index is 11.3. The molecule has 20 heavy (non-hydrogen) atoms. The molecular weight excluding hydrogens is 266 g/mol. The molecule has 1 atom stereocenters. The summed E-state index contributed by atoms with van der Waals surface area (Å²) < 4.78 is 0. The van der Waals surface area contributed by atoms with Gasteiger partial charge < -0.3 is 16.2 Å². The van der Waals surface area contributed by atoms with E-state index < -0.39 is 22.8 Å². The molecule has 1 amide bonds. The SMILES string of the molecule is CC(C)C(Nc1cc([N+](=O)[O-])ccc1C(=O)O)C(N)=O. The molecule has 0 fully saturated rings. The Labute approximate surface area is 114 Å². The van der Waals surface area contributed by atoms with E-state index in [0.717, 1.165) is 18.2 Å². The van der Waals surface area contributed by atoms with Crippen molar-refractivity contribution in [2.75, 3.05) is 5.32 Å². The minimum Gasteiger partial charge on any atom is -0.478 e. The summed E-state index contributed by atoms with van der Waals surface area (Å²) in [6, 6.07) is 2.45. The van der Waals surface area contributed by atoms with Crippen LogP contribution in [-0.2, 0) is 4.79 Å². The molecule has 0 saturated heterocycles. The Bertz CT molecular complexity index is 556. The average Bonchev–Trinajstić information content (AvgIpc) is 2.34. The van der Waals surface area contributed by atoms with Gasteiger partial charge in [0.05, 0.1) is 16.2 Å². The molecule has 4 N–H and O–H groups in total. The van der Waals surface area contributed by atoms with Crippen LogP contribution in [0.2, 0.25) is 0 Å². The summed E-state index contributed by atoms with van der Waals surface area (Å²) >= 11 is 0. The number of benzene rings is 1. The van der Waals surface area contributed by atoms with Crippen molar-refractivity contribution >= 4 is 23.3 Å². The number of non-ortho nitro benzene ring substituents is 1. The molecule has 0 radical (unpaired) electrons. The molecule has 0 aliphatic heterocycles. The van der Waals surface area contributed by atoms with Crippen LogP contribution in [0.25, 0.3) is 0 Å². The van der Waals surface area contributed by atoms with E-state index in [-0.39, 0.29) is 22.9 Å². The largest absolute Gasteiger partial charge is 0.478 e. The van der Waals surface area contributed by atoms with E-state index in [1.807, 2.05) is 0 Å². The molecule has 0 bridgehead atoms. The van der Waals surface area contributed by atoms with Crippen LogP contribution in [0, 0.1) is 16.0 Å². The lowest BCUT2D eigenvalue weighted by molar-refractivity contribution is -0.384. The Morgan fingerprint density at radius 3 is 2.40 bits per heavy atom. The number of carbonyl (C=O) groups is 2. The zero-order valence-corrected chi connectivity index (χ0v) is 11.0. The fraction of sp³-hybridized carbons (Fsp3) is 0.333. The van der Waals surface area contributed by atoms with Crippen LogP contribution < -0.4 is 11.1 Å². The van der Waals surface area contributed by atoms with E-state index in [1.165, 1.54) is 0 Å². The van der Waals surface area contributed by atoms with Gasteiger partial charge in [-0.3, -0.25) is 14.9 Å². The Balaban J connectivity index is 3.25. The summed E-state index contributed by atoms with van der Waals surface area (Å²) in [6.07, 6.45) is 0. The first-order valence-corrected chi connectivity index (χ1v) is 5.81. The number of anilines is 1. The number of rotatable bonds is 6. The van der Waals surface area contributed by atoms with Gasteiger partial charge in [0.25, 0.3) is 5.69 Å². The first kappa shape index (κ1) is 15.4. The predicted octanol–water partition coefficient (Wildman–Crippen LogP) is 1.21. The molecule has 1 rings (SSSR count). The summed E-state index contributed by atoms with van der Waals surface area (Å²) in [6.45, 7) is 3.44. The number of hydrogen-bond donors (Lipinski definition) is 3. The molecule has 8 heteroatoms. The molecule has 108 valence electrons. The van der Waals surface area contributed by atoms with Gasteiger partial charge in [-0.2, -0.15) is 0 Å². The molecule has 1 aromatic rings. The van der Waals surface area contributed by atoms with E-state index in [0.29, 0.717) is 0 Å². The van der Waals surface area contributed by atoms with Crippen molar-refractivity contribution in [2.24, 2.45) is 11.7 Å². The maximum Gasteiger partial charge on any atom is 0.337 e. The third kappa shape index (κ3) is 3.44. The highest BCUT2D eigenvalue weighted by atomic mass is 16.6. The van der Waals surface area contributed by atoms with Gasteiger partial charge in [0.15, 0.2) is 0 Å². The van der Waals surface area contributed by atoms with Gasteiger partial charge in [-0.1, -0.05) is 13.8 Å². The van der Waals surface area contributed by atoms with Crippen molar-refractivity contribution in [3.05, 3.63) is 33.9 Å². The van der Waals surface area contributed by atoms with Gasteiger partial charge in [0.1, 0.15) is 6.04 Å². The molecule has 0 spiro atoms. The number of carbonyl (C=O) groups excluding carboxylic acids is 1. The number of hydrogen-bond acceptors (Lipinski definition) is 5. The first-order valence-electron chi connectivity index (χ1n) is 5.81. The Kier molecular flexibility index (Phi) is 4.63. The van der Waals surface area contributed by atoms with Gasteiger partial charge in [0.2, 0.25) is 5.91 Å². The summed E-state index contributed by atoms with van der Waals surface area (Å²) in [5.41, 5.74) is 4.78. The third-order valence-corrected chi connectivity index (χ3v) is 2.73. The van der Waals surface area contributed by atoms with Gasteiger partial charge in [0, 0.05) is 12.1 Å². The molecule has 0 aliphatic carbocycles. The van der Waals surface area contributed by atoms with Crippen LogP contribution in [0.1, 0.15) is 24.2 Å². The summed E-state index contributed by atoms with van der Waals surface area (Å²) in [4.78, 5) is 32.5. The zero-order valence-electron chi connectivity index (χ0n) is 11.0. The number of nitro benzene ring substituents is 1. The number of primary amides is 1. The molecule has 8 nitrogen and oxygen atoms in total. The minimum absolute atomic E-state index is 0.01000. The lowest BCUT2D eigenvalue weighted by Crippen LogP contribution is -2.39. The zero-order chi connectivity index (χ0) is 15.4. The molecule has 0 aromatic heterocycles. The Hall–Kier alpha value is -2.64. The third-order valence-electron chi connectivity index (χ3n) is 2.73.